The predicted octanol–water partition coefficient (Wildman–Crippen LogP) is 3.57. The summed E-state index contributed by atoms with van der Waals surface area (Å²) in [7, 11) is -5.36. The summed E-state index contributed by atoms with van der Waals surface area (Å²) in [5.41, 5.74) is 4.41. The highest BCUT2D eigenvalue weighted by atomic mass is 32.2. The summed E-state index contributed by atoms with van der Waals surface area (Å²) in [4.78, 5) is 19.7. The minimum atomic E-state index is -4.05. The summed E-state index contributed by atoms with van der Waals surface area (Å²) < 4.78 is 29.8. The molecule has 2 amide bonds. The van der Waals surface area contributed by atoms with Crippen molar-refractivity contribution in [2.24, 2.45) is 0 Å². The fourth-order valence-corrected chi connectivity index (χ4v) is 6.34. The van der Waals surface area contributed by atoms with E-state index < -0.39 is 23.2 Å². The Morgan fingerprint density at radius 1 is 1.13 bits per heavy atom. The molecule has 0 saturated carbocycles. The molecule has 1 aromatic carbocycles. The molecule has 10 nitrogen and oxygen atoms in total. The summed E-state index contributed by atoms with van der Waals surface area (Å²) in [5, 5.41) is 21.9. The lowest BCUT2D eigenvalue weighted by atomic mass is 9.67. The van der Waals surface area contributed by atoms with Crippen molar-refractivity contribution in [2.45, 2.75) is 62.7 Å². The van der Waals surface area contributed by atoms with Gasteiger partial charge in [-0.05, 0) is 86.7 Å². The van der Waals surface area contributed by atoms with Gasteiger partial charge in [0, 0.05) is 43.3 Å². The van der Waals surface area contributed by atoms with E-state index in [0.717, 1.165) is 47.3 Å². The number of piperidine rings is 1. The molecule has 3 aromatic rings. The van der Waals surface area contributed by atoms with Crippen LogP contribution in [-0.2, 0) is 22.9 Å². The van der Waals surface area contributed by atoms with Gasteiger partial charge in [-0.15, -0.1) is 0 Å². The van der Waals surface area contributed by atoms with Crippen LogP contribution in [0, 0.1) is 0 Å². The third kappa shape index (κ3) is 5.82. The largest absolute Gasteiger partial charge is 0.454 e. The maximum absolute atomic E-state index is 13.1. The van der Waals surface area contributed by atoms with E-state index >= 15 is 0 Å². The summed E-state index contributed by atoms with van der Waals surface area (Å²) in [6, 6.07) is 8.62. The van der Waals surface area contributed by atoms with Crippen LogP contribution in [0.15, 0.2) is 53.8 Å². The number of rotatable bonds is 7. The van der Waals surface area contributed by atoms with E-state index in [1.54, 1.807) is 17.0 Å². The van der Waals surface area contributed by atoms with E-state index in [1.807, 2.05) is 32.0 Å². The number of benzene rings is 1. The number of pyridine rings is 1. The van der Waals surface area contributed by atoms with Crippen molar-refractivity contribution in [3.8, 4) is 11.1 Å². The second-order valence-corrected chi connectivity index (χ2v) is 12.3. The van der Waals surface area contributed by atoms with Crippen LogP contribution in [0.25, 0.3) is 11.1 Å². The van der Waals surface area contributed by atoms with E-state index in [0.29, 0.717) is 31.6 Å². The van der Waals surface area contributed by atoms with Gasteiger partial charge < -0.3 is 24.8 Å². The first-order valence-corrected chi connectivity index (χ1v) is 14.8. The molecule has 1 aliphatic heterocycles. The van der Waals surface area contributed by atoms with E-state index in [2.05, 4.69) is 26.0 Å². The highest BCUT2D eigenvalue weighted by molar-refractivity contribution is 7.90. The monoisotopic (exact) mass is 551 g/mol. The zero-order valence-corrected chi connectivity index (χ0v) is 23.0. The molecule has 1 saturated heterocycles. The van der Waals surface area contributed by atoms with Gasteiger partial charge in [-0.1, -0.05) is 12.1 Å². The first-order valence-electron chi connectivity index (χ1n) is 13.4. The van der Waals surface area contributed by atoms with Gasteiger partial charge in [-0.2, -0.15) is 0 Å². The molecule has 0 radical (unpaired) electrons. The van der Waals surface area contributed by atoms with Crippen molar-refractivity contribution in [1.29, 1.82) is 0 Å². The van der Waals surface area contributed by atoms with Gasteiger partial charge in [-0.25, -0.2) is 22.9 Å². The van der Waals surface area contributed by atoms with Crippen LogP contribution < -0.4 is 14.9 Å². The number of anilines is 2. The SMILES string of the molecule is CC(C)n1ccc(S(=O)(=O)NC(=O)Nc2c(-c3ccnc(N4CCC(B(O)O)CC4)c3)ccc3c2CCC3)c1. The molecule has 0 spiro atoms. The molecule has 0 unspecified atom stereocenters. The summed E-state index contributed by atoms with van der Waals surface area (Å²) >= 11 is 0. The minimum Gasteiger partial charge on any atom is -0.427 e. The number of aromatic nitrogens is 2. The number of fused-ring (bicyclic) bond motifs is 1. The van der Waals surface area contributed by atoms with Crippen molar-refractivity contribution in [1.82, 2.24) is 14.3 Å². The number of nitrogens with zero attached hydrogens (tertiary/aromatic N) is 3. The highest BCUT2D eigenvalue weighted by Crippen LogP contribution is 2.38. The first kappa shape index (κ1) is 27.2. The number of hydrogen-bond donors (Lipinski definition) is 4. The van der Waals surface area contributed by atoms with Gasteiger partial charge in [0.1, 0.15) is 10.7 Å². The second-order valence-electron chi connectivity index (χ2n) is 10.6. The van der Waals surface area contributed by atoms with Gasteiger partial charge in [-0.3, -0.25) is 0 Å². The number of amides is 2. The van der Waals surface area contributed by atoms with E-state index in [-0.39, 0.29) is 16.8 Å². The molecule has 0 bridgehead atoms. The number of aryl methyl sites for hydroxylation is 1. The maximum Gasteiger partial charge on any atom is 0.454 e. The van der Waals surface area contributed by atoms with E-state index in [4.69, 9.17) is 0 Å². The third-order valence-electron chi connectivity index (χ3n) is 7.68. The number of carbonyl (C=O) groups is 1. The topological polar surface area (TPSA) is 137 Å². The fourth-order valence-electron chi connectivity index (χ4n) is 5.43. The van der Waals surface area contributed by atoms with Crippen molar-refractivity contribution >= 4 is 34.7 Å². The molecule has 4 N–H and O–H groups in total. The number of nitrogens with one attached hydrogen (secondary N) is 2. The Balaban J connectivity index is 1.40. The van der Waals surface area contributed by atoms with Crippen LogP contribution in [-0.4, -0.2) is 54.3 Å². The van der Waals surface area contributed by atoms with Crippen LogP contribution in [0.1, 0.15) is 50.3 Å². The lowest BCUT2D eigenvalue weighted by molar-refractivity contribution is 0.256. The van der Waals surface area contributed by atoms with E-state index in [9.17, 15) is 23.3 Å². The van der Waals surface area contributed by atoms with Gasteiger partial charge in [0.2, 0.25) is 0 Å². The Morgan fingerprint density at radius 3 is 2.59 bits per heavy atom. The van der Waals surface area contributed by atoms with Crippen LogP contribution in [0.5, 0.6) is 0 Å². The highest BCUT2D eigenvalue weighted by Gasteiger charge is 2.29. The minimum absolute atomic E-state index is 0.0288. The van der Waals surface area contributed by atoms with E-state index in [1.165, 1.54) is 12.3 Å². The Kier molecular flexibility index (Phi) is 7.70. The fraction of sp³-hybridized carbons (Fsp3) is 0.407. The lowest BCUT2D eigenvalue weighted by Crippen LogP contribution is -2.37. The average Bonchev–Trinajstić information content (AvgIpc) is 3.60. The average molecular weight is 551 g/mol. The molecule has 2 aromatic heterocycles. The molecule has 0 atom stereocenters. The number of carbonyl (C=O) groups excluding carboxylic acids is 1. The van der Waals surface area contributed by atoms with Crippen molar-refractivity contribution in [3.05, 3.63) is 60.0 Å². The van der Waals surface area contributed by atoms with Crippen molar-refractivity contribution in [2.75, 3.05) is 23.3 Å². The van der Waals surface area contributed by atoms with Crippen molar-refractivity contribution in [3.63, 3.8) is 0 Å². The maximum atomic E-state index is 13.1. The molecule has 2 aliphatic rings. The number of hydrogen-bond acceptors (Lipinski definition) is 7. The number of sulfonamides is 1. The van der Waals surface area contributed by atoms with Crippen LogP contribution in [0.3, 0.4) is 0 Å². The molecule has 1 fully saturated rings. The second kappa shape index (κ2) is 11.0. The number of urea groups is 1. The Labute approximate surface area is 229 Å². The Morgan fingerprint density at radius 2 is 1.90 bits per heavy atom. The third-order valence-corrected chi connectivity index (χ3v) is 9.00. The predicted molar refractivity (Wildman–Crippen MR) is 151 cm³/mol. The van der Waals surface area contributed by atoms with Crippen LogP contribution in [0.2, 0.25) is 5.82 Å². The zero-order valence-electron chi connectivity index (χ0n) is 22.2. The summed E-state index contributed by atoms with van der Waals surface area (Å²) in [6.45, 7) is 5.21. The zero-order chi connectivity index (χ0) is 27.7. The molecular weight excluding hydrogens is 517 g/mol. The molecule has 5 rings (SSSR count). The molecule has 206 valence electrons. The normalized spacial score (nSPS) is 15.9. The standard InChI is InChI=1S/C27H34BN5O5S/c1-18(2)33-15-11-22(17-33)39(37,38)31-27(34)30-26-23-5-3-4-19(23)6-7-24(26)20-8-12-29-25(16-20)32-13-9-21(10-14-32)28(35)36/h6-8,11-12,15-18,21,35-36H,3-5,9-10,13-14H2,1-2H3,(H2,30,31,34). The first-order chi connectivity index (χ1) is 18.6. The molecule has 3 heterocycles. The lowest BCUT2D eigenvalue weighted by Gasteiger charge is -2.32. The van der Waals surface area contributed by atoms with Crippen LogP contribution >= 0.6 is 0 Å². The summed E-state index contributed by atoms with van der Waals surface area (Å²) in [5.74, 6) is 0.627. The molecule has 39 heavy (non-hydrogen) atoms. The molecular formula is C27H34BN5O5S. The Hall–Kier alpha value is -3.35. The van der Waals surface area contributed by atoms with Gasteiger partial charge in [0.15, 0.2) is 0 Å². The smallest absolute Gasteiger partial charge is 0.427 e. The molecule has 12 heteroatoms. The van der Waals surface area contributed by atoms with Gasteiger partial charge >= 0.3 is 13.1 Å². The molecule has 1 aliphatic carbocycles. The van der Waals surface area contributed by atoms with Gasteiger partial charge in [0.25, 0.3) is 10.0 Å². The van der Waals surface area contributed by atoms with Gasteiger partial charge in [0.05, 0.1) is 5.69 Å². The Bertz CT molecular complexity index is 1460. The quantitative estimate of drug-likeness (QED) is 0.330. The van der Waals surface area contributed by atoms with Crippen LogP contribution in [0.4, 0.5) is 16.3 Å². The summed E-state index contributed by atoms with van der Waals surface area (Å²) in [6.07, 6.45) is 8.87. The van der Waals surface area contributed by atoms with Crippen molar-refractivity contribution < 1.29 is 23.3 Å².